The Labute approximate surface area is 229 Å². The van der Waals surface area contributed by atoms with Gasteiger partial charge in [0.05, 0.1) is 54.2 Å². The number of amides is 1. The normalized spacial score (nSPS) is 18.1. The van der Waals surface area contributed by atoms with Crippen molar-refractivity contribution in [1.29, 1.82) is 0 Å². The SMILES string of the molecule is Cc1cncc(-c2ccc(-c3cc4cnc(S(C)=O)nc4n(CC4OCC(NC(=O)O)CO4)c3=O)c(Cl)c2)n1. The highest BCUT2D eigenvalue weighted by Crippen LogP contribution is 2.31. The number of aromatic nitrogens is 5. The number of hydrogen-bond donors (Lipinski definition) is 2. The summed E-state index contributed by atoms with van der Waals surface area (Å²) in [7, 11) is -1.48. The molecule has 4 heterocycles. The molecule has 1 atom stereocenters. The highest BCUT2D eigenvalue weighted by molar-refractivity contribution is 7.84. The molecule has 0 spiro atoms. The van der Waals surface area contributed by atoms with E-state index in [0.717, 1.165) is 11.3 Å². The first-order chi connectivity index (χ1) is 18.7. The maximum atomic E-state index is 13.8. The molecule has 0 saturated carbocycles. The molecule has 3 aromatic heterocycles. The van der Waals surface area contributed by atoms with Gasteiger partial charge in [0.25, 0.3) is 5.56 Å². The highest BCUT2D eigenvalue weighted by Gasteiger charge is 2.26. The Morgan fingerprint density at radius 1 is 1.18 bits per heavy atom. The third kappa shape index (κ3) is 5.81. The number of fused-ring (bicyclic) bond motifs is 1. The summed E-state index contributed by atoms with van der Waals surface area (Å²) >= 11 is 6.67. The molecule has 5 rings (SSSR count). The molecule has 1 aromatic carbocycles. The van der Waals surface area contributed by atoms with Gasteiger partial charge in [-0.05, 0) is 19.1 Å². The van der Waals surface area contributed by atoms with Crippen LogP contribution in [0.3, 0.4) is 0 Å². The zero-order valence-corrected chi connectivity index (χ0v) is 22.4. The zero-order valence-electron chi connectivity index (χ0n) is 20.8. The Hall–Kier alpha value is -3.78. The Kier molecular flexibility index (Phi) is 7.66. The van der Waals surface area contributed by atoms with E-state index in [4.69, 9.17) is 26.2 Å². The number of halogens is 1. The van der Waals surface area contributed by atoms with Gasteiger partial charge in [-0.3, -0.25) is 18.6 Å². The van der Waals surface area contributed by atoms with Crippen molar-refractivity contribution in [2.24, 2.45) is 0 Å². The number of aryl methyl sites for hydroxylation is 1. The van der Waals surface area contributed by atoms with Crippen LogP contribution in [-0.4, -0.2) is 71.7 Å². The molecule has 2 N–H and O–H groups in total. The first-order valence-corrected chi connectivity index (χ1v) is 13.7. The van der Waals surface area contributed by atoms with Crippen LogP contribution in [0.4, 0.5) is 4.79 Å². The van der Waals surface area contributed by atoms with E-state index in [9.17, 15) is 13.8 Å². The second-order valence-corrected chi connectivity index (χ2v) is 10.5. The van der Waals surface area contributed by atoms with Crippen molar-refractivity contribution in [3.8, 4) is 22.4 Å². The van der Waals surface area contributed by atoms with E-state index < -0.39 is 34.8 Å². The Morgan fingerprint density at radius 2 is 1.95 bits per heavy atom. The lowest BCUT2D eigenvalue weighted by Gasteiger charge is -2.29. The lowest BCUT2D eigenvalue weighted by Crippen LogP contribution is -2.48. The first-order valence-electron chi connectivity index (χ1n) is 11.7. The van der Waals surface area contributed by atoms with Gasteiger partial charge in [0.15, 0.2) is 6.29 Å². The molecule has 0 bridgehead atoms. The van der Waals surface area contributed by atoms with E-state index in [1.165, 1.54) is 17.0 Å². The fourth-order valence-electron chi connectivity index (χ4n) is 4.20. The summed E-state index contributed by atoms with van der Waals surface area (Å²) in [6.07, 6.45) is 4.20. The van der Waals surface area contributed by atoms with Crippen LogP contribution in [0.25, 0.3) is 33.4 Å². The molecule has 39 heavy (non-hydrogen) atoms. The van der Waals surface area contributed by atoms with Crippen molar-refractivity contribution >= 4 is 39.5 Å². The summed E-state index contributed by atoms with van der Waals surface area (Å²) in [6, 6.07) is 6.36. The van der Waals surface area contributed by atoms with Crippen molar-refractivity contribution < 1.29 is 23.6 Å². The topological polar surface area (TPSA) is 158 Å². The number of nitrogens with zero attached hydrogens (tertiary/aromatic N) is 5. The average molecular weight is 571 g/mol. The molecule has 1 aliphatic heterocycles. The molecule has 14 heteroatoms. The van der Waals surface area contributed by atoms with Crippen LogP contribution in [0.15, 0.2) is 52.8 Å². The largest absolute Gasteiger partial charge is 0.465 e. The molecule has 0 radical (unpaired) electrons. The van der Waals surface area contributed by atoms with Crippen LogP contribution < -0.4 is 10.9 Å². The van der Waals surface area contributed by atoms with Gasteiger partial charge in [0.2, 0.25) is 5.16 Å². The molecule has 1 amide bonds. The van der Waals surface area contributed by atoms with Gasteiger partial charge in [-0.2, -0.15) is 0 Å². The molecule has 1 fully saturated rings. The van der Waals surface area contributed by atoms with Gasteiger partial charge >= 0.3 is 6.09 Å². The monoisotopic (exact) mass is 570 g/mol. The molecule has 0 aliphatic carbocycles. The van der Waals surface area contributed by atoms with E-state index in [1.807, 2.05) is 6.92 Å². The summed E-state index contributed by atoms with van der Waals surface area (Å²) in [5.41, 5.74) is 2.77. The number of nitrogens with one attached hydrogen (secondary N) is 1. The van der Waals surface area contributed by atoms with Gasteiger partial charge in [-0.15, -0.1) is 0 Å². The molecule has 1 saturated heterocycles. The molecule has 4 aromatic rings. The summed E-state index contributed by atoms with van der Waals surface area (Å²) in [4.78, 5) is 42.0. The van der Waals surface area contributed by atoms with Crippen LogP contribution in [0.1, 0.15) is 5.69 Å². The average Bonchev–Trinajstić information content (AvgIpc) is 2.90. The van der Waals surface area contributed by atoms with Crippen molar-refractivity contribution in [2.45, 2.75) is 31.0 Å². The van der Waals surface area contributed by atoms with E-state index in [-0.39, 0.29) is 30.6 Å². The third-order valence-electron chi connectivity index (χ3n) is 6.00. The van der Waals surface area contributed by atoms with E-state index >= 15 is 0 Å². The number of hydrogen-bond acceptors (Lipinski definition) is 9. The quantitative estimate of drug-likeness (QED) is 0.330. The van der Waals surface area contributed by atoms with Crippen LogP contribution in [0.5, 0.6) is 0 Å². The molecule has 202 valence electrons. The minimum absolute atomic E-state index is 0.0512. The van der Waals surface area contributed by atoms with Gasteiger partial charge < -0.3 is 19.9 Å². The Bertz CT molecular complexity index is 1660. The summed E-state index contributed by atoms with van der Waals surface area (Å²) < 4.78 is 24.8. The summed E-state index contributed by atoms with van der Waals surface area (Å²) in [5, 5.41) is 12.1. The van der Waals surface area contributed by atoms with Crippen molar-refractivity contribution in [3.05, 3.63) is 63.9 Å². The summed E-state index contributed by atoms with van der Waals surface area (Å²) in [6.45, 7) is 1.92. The number of benzene rings is 1. The first kappa shape index (κ1) is 26.8. The molecule has 12 nitrogen and oxygen atoms in total. The Balaban J connectivity index is 1.56. The minimum atomic E-state index is -1.48. The smallest absolute Gasteiger partial charge is 0.405 e. The molecule has 1 unspecified atom stereocenters. The second kappa shape index (κ2) is 11.1. The standard InChI is InChI=1S/C25H23ClN6O6S/c1-13-7-27-9-20(29-13)14-3-4-17(19(26)6-14)18-5-15-8-28-24(39(2)36)31-22(15)32(23(18)33)10-21-37-11-16(12-38-21)30-25(34)35/h3-9,16,21,30H,10-12H2,1-2H3,(H,34,35). The fourth-order valence-corrected chi connectivity index (χ4v) is 4.89. The van der Waals surface area contributed by atoms with Crippen LogP contribution >= 0.6 is 11.6 Å². The summed E-state index contributed by atoms with van der Waals surface area (Å²) in [5.74, 6) is 0. The molecular weight excluding hydrogens is 548 g/mol. The van der Waals surface area contributed by atoms with Crippen LogP contribution in [-0.2, 0) is 26.8 Å². The van der Waals surface area contributed by atoms with E-state index in [1.54, 1.807) is 36.7 Å². The maximum Gasteiger partial charge on any atom is 0.405 e. The molecule has 1 aliphatic rings. The number of rotatable bonds is 6. The van der Waals surface area contributed by atoms with Gasteiger partial charge in [0.1, 0.15) is 5.65 Å². The van der Waals surface area contributed by atoms with Crippen LogP contribution in [0, 0.1) is 6.92 Å². The van der Waals surface area contributed by atoms with Gasteiger partial charge in [-0.25, -0.2) is 19.7 Å². The lowest BCUT2D eigenvalue weighted by atomic mass is 10.0. The van der Waals surface area contributed by atoms with Crippen molar-refractivity contribution in [2.75, 3.05) is 19.5 Å². The highest BCUT2D eigenvalue weighted by atomic mass is 35.5. The van der Waals surface area contributed by atoms with E-state index in [0.29, 0.717) is 27.2 Å². The van der Waals surface area contributed by atoms with Crippen molar-refractivity contribution in [1.82, 2.24) is 29.8 Å². The second-order valence-electron chi connectivity index (χ2n) is 8.84. The maximum absolute atomic E-state index is 13.8. The van der Waals surface area contributed by atoms with Gasteiger partial charge in [-0.1, -0.05) is 23.7 Å². The number of carboxylic acid groups (broad SMARTS) is 1. The minimum Gasteiger partial charge on any atom is -0.465 e. The Morgan fingerprint density at radius 3 is 2.62 bits per heavy atom. The number of pyridine rings is 1. The predicted octanol–water partition coefficient (Wildman–Crippen LogP) is 2.62. The number of ether oxygens (including phenoxy) is 2. The number of carbonyl (C=O) groups is 1. The van der Waals surface area contributed by atoms with Crippen LogP contribution in [0.2, 0.25) is 5.02 Å². The zero-order chi connectivity index (χ0) is 27.7. The fraction of sp³-hybridized carbons (Fsp3) is 0.280. The van der Waals surface area contributed by atoms with E-state index in [2.05, 4.69) is 25.3 Å². The van der Waals surface area contributed by atoms with Crippen molar-refractivity contribution in [3.63, 3.8) is 0 Å². The third-order valence-corrected chi connectivity index (χ3v) is 7.02. The predicted molar refractivity (Wildman–Crippen MR) is 143 cm³/mol. The molecular formula is C25H23ClN6O6S. The lowest BCUT2D eigenvalue weighted by molar-refractivity contribution is -0.194. The van der Waals surface area contributed by atoms with Gasteiger partial charge in [0, 0.05) is 45.7 Å².